The lowest BCUT2D eigenvalue weighted by atomic mass is 10.1. The lowest BCUT2D eigenvalue weighted by Gasteiger charge is -2.27. The standard InChI is InChI=1S/C13H25NO3/c1-13(2,3)17-12(15)11-7-5-8-14(11)9-6-10-16-4/h11H,5-10H2,1-4H3/t11-/m0/s1. The van der Waals surface area contributed by atoms with Crippen LogP contribution in [-0.4, -0.2) is 49.3 Å². The lowest BCUT2D eigenvalue weighted by Crippen LogP contribution is -2.41. The van der Waals surface area contributed by atoms with Crippen LogP contribution in [0.2, 0.25) is 0 Å². The first kappa shape index (κ1) is 14.5. The first-order chi connectivity index (χ1) is 7.94. The van der Waals surface area contributed by atoms with Gasteiger partial charge in [-0.25, -0.2) is 0 Å². The average Bonchev–Trinajstić information content (AvgIpc) is 2.64. The zero-order chi connectivity index (χ0) is 12.9. The maximum atomic E-state index is 12.0. The molecule has 1 aliphatic heterocycles. The number of nitrogens with zero attached hydrogens (tertiary/aromatic N) is 1. The number of hydrogen-bond donors (Lipinski definition) is 0. The highest BCUT2D eigenvalue weighted by molar-refractivity contribution is 5.76. The fourth-order valence-corrected chi connectivity index (χ4v) is 2.14. The van der Waals surface area contributed by atoms with Gasteiger partial charge in [0.1, 0.15) is 11.6 Å². The number of likely N-dealkylation sites (tertiary alicyclic amines) is 1. The Labute approximate surface area is 104 Å². The van der Waals surface area contributed by atoms with Crippen LogP contribution in [0.5, 0.6) is 0 Å². The van der Waals surface area contributed by atoms with Crippen LogP contribution < -0.4 is 0 Å². The Morgan fingerprint density at radius 1 is 1.41 bits per heavy atom. The van der Waals surface area contributed by atoms with Crippen molar-refractivity contribution in [1.82, 2.24) is 4.90 Å². The molecule has 0 aromatic carbocycles. The fraction of sp³-hybridized carbons (Fsp3) is 0.923. The van der Waals surface area contributed by atoms with Gasteiger partial charge in [0.05, 0.1) is 0 Å². The molecule has 1 atom stereocenters. The summed E-state index contributed by atoms with van der Waals surface area (Å²) >= 11 is 0. The highest BCUT2D eigenvalue weighted by atomic mass is 16.6. The second-order valence-electron chi connectivity index (χ2n) is 5.57. The predicted molar refractivity (Wildman–Crippen MR) is 66.9 cm³/mol. The third-order valence-corrected chi connectivity index (χ3v) is 2.84. The summed E-state index contributed by atoms with van der Waals surface area (Å²) in [6, 6.07) is -0.0499. The van der Waals surface area contributed by atoms with Gasteiger partial charge < -0.3 is 9.47 Å². The second kappa shape index (κ2) is 6.36. The highest BCUT2D eigenvalue weighted by Gasteiger charge is 2.33. The molecule has 1 saturated heterocycles. The Balaban J connectivity index is 2.42. The van der Waals surface area contributed by atoms with Crippen LogP contribution in [0.3, 0.4) is 0 Å². The Morgan fingerprint density at radius 3 is 2.71 bits per heavy atom. The summed E-state index contributed by atoms with van der Waals surface area (Å²) in [5, 5.41) is 0. The van der Waals surface area contributed by atoms with E-state index < -0.39 is 5.60 Å². The van der Waals surface area contributed by atoms with Crippen LogP contribution in [0.25, 0.3) is 0 Å². The van der Waals surface area contributed by atoms with E-state index in [-0.39, 0.29) is 12.0 Å². The van der Waals surface area contributed by atoms with Crippen molar-refractivity contribution in [2.45, 2.75) is 51.7 Å². The molecule has 1 heterocycles. The minimum atomic E-state index is -0.391. The van der Waals surface area contributed by atoms with Crippen molar-refractivity contribution in [2.75, 3.05) is 26.8 Å². The Morgan fingerprint density at radius 2 is 2.12 bits per heavy atom. The highest BCUT2D eigenvalue weighted by Crippen LogP contribution is 2.21. The topological polar surface area (TPSA) is 38.8 Å². The van der Waals surface area contributed by atoms with Gasteiger partial charge in [-0.15, -0.1) is 0 Å². The number of methoxy groups -OCH3 is 1. The van der Waals surface area contributed by atoms with Crippen LogP contribution in [0.15, 0.2) is 0 Å². The van der Waals surface area contributed by atoms with E-state index in [0.717, 1.165) is 39.0 Å². The molecule has 0 radical (unpaired) electrons. The molecule has 100 valence electrons. The molecule has 0 aromatic rings. The average molecular weight is 243 g/mol. The molecular weight excluding hydrogens is 218 g/mol. The number of ether oxygens (including phenoxy) is 2. The molecule has 1 aliphatic rings. The van der Waals surface area contributed by atoms with Crippen molar-refractivity contribution in [1.29, 1.82) is 0 Å². The molecule has 1 rings (SSSR count). The molecule has 0 spiro atoms. The number of carbonyl (C=O) groups is 1. The summed E-state index contributed by atoms with van der Waals surface area (Å²) in [4.78, 5) is 14.2. The molecule has 0 bridgehead atoms. The first-order valence-corrected chi connectivity index (χ1v) is 6.40. The van der Waals surface area contributed by atoms with Crippen molar-refractivity contribution in [3.8, 4) is 0 Å². The van der Waals surface area contributed by atoms with Crippen LogP contribution in [0.4, 0.5) is 0 Å². The van der Waals surface area contributed by atoms with E-state index >= 15 is 0 Å². The van der Waals surface area contributed by atoms with Gasteiger partial charge in [0.2, 0.25) is 0 Å². The molecular formula is C13H25NO3. The minimum absolute atomic E-state index is 0.0499. The normalized spacial score (nSPS) is 21.8. The van der Waals surface area contributed by atoms with Gasteiger partial charge in [-0.2, -0.15) is 0 Å². The number of esters is 1. The summed E-state index contributed by atoms with van der Waals surface area (Å²) < 4.78 is 10.5. The summed E-state index contributed by atoms with van der Waals surface area (Å²) in [7, 11) is 1.70. The van der Waals surface area contributed by atoms with Crippen molar-refractivity contribution >= 4 is 5.97 Å². The summed E-state index contributed by atoms with van der Waals surface area (Å²) in [6.45, 7) is 8.39. The fourth-order valence-electron chi connectivity index (χ4n) is 2.14. The monoisotopic (exact) mass is 243 g/mol. The van der Waals surface area contributed by atoms with Crippen molar-refractivity contribution in [2.24, 2.45) is 0 Å². The Hall–Kier alpha value is -0.610. The molecule has 4 heteroatoms. The van der Waals surface area contributed by atoms with E-state index in [9.17, 15) is 4.79 Å². The van der Waals surface area contributed by atoms with Gasteiger partial charge in [-0.1, -0.05) is 0 Å². The third-order valence-electron chi connectivity index (χ3n) is 2.84. The SMILES string of the molecule is COCCCN1CCC[C@H]1C(=O)OC(C)(C)C. The Kier molecular flexibility index (Phi) is 5.40. The first-order valence-electron chi connectivity index (χ1n) is 6.40. The van der Waals surface area contributed by atoms with Crippen LogP contribution in [0.1, 0.15) is 40.0 Å². The lowest BCUT2D eigenvalue weighted by molar-refractivity contribution is -0.160. The molecule has 0 aliphatic carbocycles. The molecule has 1 fully saturated rings. The van der Waals surface area contributed by atoms with Gasteiger partial charge in [0.15, 0.2) is 0 Å². The molecule has 4 nitrogen and oxygen atoms in total. The van der Waals surface area contributed by atoms with Gasteiger partial charge in [-0.3, -0.25) is 9.69 Å². The maximum absolute atomic E-state index is 12.0. The summed E-state index contributed by atoms with van der Waals surface area (Å²) in [5.41, 5.74) is -0.391. The minimum Gasteiger partial charge on any atom is -0.459 e. The van der Waals surface area contributed by atoms with Crippen molar-refractivity contribution in [3.63, 3.8) is 0 Å². The van der Waals surface area contributed by atoms with Gasteiger partial charge in [0.25, 0.3) is 0 Å². The van der Waals surface area contributed by atoms with E-state index in [4.69, 9.17) is 9.47 Å². The second-order valence-corrected chi connectivity index (χ2v) is 5.57. The van der Waals surface area contributed by atoms with E-state index in [2.05, 4.69) is 4.90 Å². The molecule has 0 unspecified atom stereocenters. The molecule has 0 N–H and O–H groups in total. The smallest absolute Gasteiger partial charge is 0.323 e. The van der Waals surface area contributed by atoms with Crippen LogP contribution in [-0.2, 0) is 14.3 Å². The summed E-state index contributed by atoms with van der Waals surface area (Å²) in [6.07, 6.45) is 2.97. The number of rotatable bonds is 5. The van der Waals surface area contributed by atoms with E-state index in [1.54, 1.807) is 7.11 Å². The molecule has 0 saturated carbocycles. The van der Waals surface area contributed by atoms with Crippen molar-refractivity contribution < 1.29 is 14.3 Å². The van der Waals surface area contributed by atoms with E-state index in [1.807, 2.05) is 20.8 Å². The molecule has 0 aromatic heterocycles. The zero-order valence-electron chi connectivity index (χ0n) is 11.5. The van der Waals surface area contributed by atoms with Gasteiger partial charge >= 0.3 is 5.97 Å². The predicted octanol–water partition coefficient (Wildman–Crippen LogP) is 1.83. The Bertz CT molecular complexity index is 248. The van der Waals surface area contributed by atoms with Crippen molar-refractivity contribution in [3.05, 3.63) is 0 Å². The zero-order valence-corrected chi connectivity index (χ0v) is 11.5. The molecule has 17 heavy (non-hydrogen) atoms. The number of hydrogen-bond acceptors (Lipinski definition) is 4. The maximum Gasteiger partial charge on any atom is 0.323 e. The van der Waals surface area contributed by atoms with Crippen LogP contribution in [0, 0.1) is 0 Å². The van der Waals surface area contributed by atoms with Gasteiger partial charge in [0, 0.05) is 20.3 Å². The number of carbonyl (C=O) groups excluding carboxylic acids is 1. The van der Waals surface area contributed by atoms with E-state index in [0.29, 0.717) is 0 Å². The van der Waals surface area contributed by atoms with Gasteiger partial charge in [-0.05, 0) is 46.6 Å². The largest absolute Gasteiger partial charge is 0.459 e. The van der Waals surface area contributed by atoms with Crippen LogP contribution >= 0.6 is 0 Å². The third kappa shape index (κ3) is 5.04. The molecule has 0 amide bonds. The van der Waals surface area contributed by atoms with E-state index in [1.165, 1.54) is 0 Å². The summed E-state index contributed by atoms with van der Waals surface area (Å²) in [5.74, 6) is -0.0765. The quantitative estimate of drug-likeness (QED) is 0.545.